The Morgan fingerprint density at radius 1 is 1.07 bits per heavy atom. The van der Waals surface area contributed by atoms with Crippen molar-refractivity contribution >= 4 is 14.8 Å². The fourth-order valence-corrected chi connectivity index (χ4v) is 3.34. The molecule has 0 radical (unpaired) electrons. The van der Waals surface area contributed by atoms with E-state index < -0.39 is 14.8 Å². The predicted molar refractivity (Wildman–Crippen MR) is 50.4 cm³/mol. The summed E-state index contributed by atoms with van der Waals surface area (Å²) in [5.74, 6) is -1.20. The van der Waals surface area contributed by atoms with Gasteiger partial charge in [-0.1, -0.05) is 0 Å². The number of carboxylic acid groups (broad SMARTS) is 1. The molecule has 0 amide bonds. The first-order valence-corrected chi connectivity index (χ1v) is 6.65. The third-order valence-electron chi connectivity index (χ3n) is 1.45. The molecule has 0 aromatic heterocycles. The fourth-order valence-electron chi connectivity index (χ4n) is 1.11. The summed E-state index contributed by atoms with van der Waals surface area (Å²) in [6, 6.07) is -0.289. The molecule has 0 aliphatic carbocycles. The van der Waals surface area contributed by atoms with E-state index >= 15 is 0 Å². The normalized spacial score (nSPS) is 10.9. The Morgan fingerprint density at radius 2 is 1.40 bits per heavy atom. The molecule has 0 N–H and O–H groups in total. The standard InChI is InChI=1S/C8H18O5Si.K/c1-4-11-14(12-5-2,13-6-3)7-8(9)10;/h4-7H2,1-3H3,(H,9,10);/q;+1/p-1. The molecule has 0 saturated heterocycles. The van der Waals surface area contributed by atoms with Crippen LogP contribution in [0.2, 0.25) is 6.04 Å². The number of hydrogen-bond acceptors (Lipinski definition) is 5. The zero-order valence-electron chi connectivity index (χ0n) is 9.87. The van der Waals surface area contributed by atoms with Crippen molar-refractivity contribution < 1.29 is 74.6 Å². The van der Waals surface area contributed by atoms with Gasteiger partial charge in [-0.3, -0.25) is 0 Å². The fraction of sp³-hybridized carbons (Fsp3) is 0.875. The van der Waals surface area contributed by atoms with E-state index in [0.29, 0.717) is 19.8 Å². The van der Waals surface area contributed by atoms with Crippen LogP contribution in [0.1, 0.15) is 20.8 Å². The number of aliphatic carboxylic acids is 1. The summed E-state index contributed by atoms with van der Waals surface area (Å²) in [6.07, 6.45) is 0. The van der Waals surface area contributed by atoms with Crippen LogP contribution in [0.25, 0.3) is 0 Å². The van der Waals surface area contributed by atoms with Crippen molar-refractivity contribution in [2.75, 3.05) is 19.8 Å². The van der Waals surface area contributed by atoms with Crippen LogP contribution in [0.3, 0.4) is 0 Å². The van der Waals surface area contributed by atoms with E-state index in [9.17, 15) is 9.90 Å². The molecule has 0 aliphatic rings. The van der Waals surface area contributed by atoms with E-state index in [1.807, 2.05) is 0 Å². The SMILES string of the molecule is CCO[Si](CC(=O)[O-])(OCC)OCC.[K+]. The van der Waals surface area contributed by atoms with Crippen molar-refractivity contribution in [1.82, 2.24) is 0 Å². The molecular formula is C8H17KO5Si. The Labute approximate surface area is 134 Å². The third-order valence-corrected chi connectivity index (χ3v) is 4.36. The predicted octanol–water partition coefficient (Wildman–Crippen LogP) is -3.21. The van der Waals surface area contributed by atoms with Crippen LogP contribution in [0.5, 0.6) is 0 Å². The second-order valence-electron chi connectivity index (χ2n) is 2.53. The van der Waals surface area contributed by atoms with Crippen molar-refractivity contribution in [3.8, 4) is 0 Å². The monoisotopic (exact) mass is 260 g/mol. The third kappa shape index (κ3) is 8.00. The van der Waals surface area contributed by atoms with Crippen LogP contribution in [-0.2, 0) is 18.1 Å². The van der Waals surface area contributed by atoms with E-state index in [1.54, 1.807) is 20.8 Å². The van der Waals surface area contributed by atoms with Crippen LogP contribution in [0.15, 0.2) is 0 Å². The summed E-state index contributed by atoms with van der Waals surface area (Å²) in [4.78, 5) is 10.5. The molecule has 0 atom stereocenters. The van der Waals surface area contributed by atoms with E-state index in [1.165, 1.54) is 0 Å². The number of carbonyl (C=O) groups excluding carboxylic acids is 1. The largest absolute Gasteiger partial charge is 1.00 e. The van der Waals surface area contributed by atoms with Gasteiger partial charge in [0.2, 0.25) is 0 Å². The first-order chi connectivity index (χ1) is 6.60. The molecule has 5 nitrogen and oxygen atoms in total. The molecule has 15 heavy (non-hydrogen) atoms. The number of hydrogen-bond donors (Lipinski definition) is 0. The number of carboxylic acids is 1. The number of rotatable bonds is 8. The van der Waals surface area contributed by atoms with Crippen molar-refractivity contribution in [2.45, 2.75) is 26.8 Å². The Hall–Kier alpha value is 1.20. The van der Waals surface area contributed by atoms with Crippen LogP contribution in [0, 0.1) is 0 Å². The molecule has 0 spiro atoms. The van der Waals surface area contributed by atoms with Gasteiger partial charge in [0, 0.05) is 25.8 Å². The van der Waals surface area contributed by atoms with Gasteiger partial charge in [0.1, 0.15) is 0 Å². The van der Waals surface area contributed by atoms with Gasteiger partial charge in [0.15, 0.2) is 0 Å². The molecule has 0 aromatic carbocycles. The van der Waals surface area contributed by atoms with Crippen LogP contribution in [-0.4, -0.2) is 34.6 Å². The Morgan fingerprint density at radius 3 is 1.60 bits per heavy atom. The van der Waals surface area contributed by atoms with Crippen molar-refractivity contribution in [1.29, 1.82) is 0 Å². The second-order valence-corrected chi connectivity index (χ2v) is 5.12. The van der Waals surface area contributed by atoms with Crippen molar-refractivity contribution in [3.05, 3.63) is 0 Å². The van der Waals surface area contributed by atoms with E-state index in [-0.39, 0.29) is 57.4 Å². The van der Waals surface area contributed by atoms with E-state index in [2.05, 4.69) is 0 Å². The molecule has 0 aromatic rings. The molecule has 0 fully saturated rings. The topological polar surface area (TPSA) is 67.8 Å². The maximum atomic E-state index is 10.5. The molecular weight excluding hydrogens is 243 g/mol. The summed E-state index contributed by atoms with van der Waals surface area (Å²) in [7, 11) is -3.02. The average molecular weight is 260 g/mol. The quantitative estimate of drug-likeness (QED) is 0.430. The van der Waals surface area contributed by atoms with Crippen LogP contribution >= 0.6 is 0 Å². The Kier molecular flexibility index (Phi) is 12.8. The van der Waals surface area contributed by atoms with Crippen molar-refractivity contribution in [3.63, 3.8) is 0 Å². The smallest absolute Gasteiger partial charge is 0.550 e. The van der Waals surface area contributed by atoms with Crippen LogP contribution < -0.4 is 56.5 Å². The summed E-state index contributed by atoms with van der Waals surface area (Å²) in [6.45, 7) is 6.44. The Bertz CT molecular complexity index is 161. The molecule has 0 saturated carbocycles. The first kappa shape index (κ1) is 18.6. The van der Waals surface area contributed by atoms with E-state index in [4.69, 9.17) is 13.3 Å². The van der Waals surface area contributed by atoms with Gasteiger partial charge in [-0.15, -0.1) is 0 Å². The summed E-state index contributed by atoms with van der Waals surface area (Å²) < 4.78 is 15.9. The maximum Gasteiger partial charge on any atom is 1.00 e. The van der Waals surface area contributed by atoms with Gasteiger partial charge in [0.05, 0.1) is 6.04 Å². The first-order valence-electron chi connectivity index (χ1n) is 4.72. The molecule has 84 valence electrons. The van der Waals surface area contributed by atoms with Gasteiger partial charge in [-0.25, -0.2) is 0 Å². The van der Waals surface area contributed by atoms with Gasteiger partial charge in [-0.2, -0.15) is 0 Å². The van der Waals surface area contributed by atoms with Gasteiger partial charge < -0.3 is 23.2 Å². The zero-order chi connectivity index (χ0) is 11.0. The zero-order valence-corrected chi connectivity index (χ0v) is 14.0. The average Bonchev–Trinajstić information content (AvgIpc) is 2.03. The number of carbonyl (C=O) groups is 1. The van der Waals surface area contributed by atoms with Gasteiger partial charge in [0.25, 0.3) is 0 Å². The van der Waals surface area contributed by atoms with Crippen molar-refractivity contribution in [2.24, 2.45) is 0 Å². The molecule has 7 heteroatoms. The second kappa shape index (κ2) is 10.4. The Balaban J connectivity index is 0. The van der Waals surface area contributed by atoms with E-state index in [0.717, 1.165) is 0 Å². The minimum absolute atomic E-state index is 0. The minimum atomic E-state index is -3.02. The molecule has 0 bridgehead atoms. The van der Waals surface area contributed by atoms with Gasteiger partial charge in [-0.05, 0) is 20.8 Å². The molecule has 0 rings (SSSR count). The summed E-state index contributed by atoms with van der Waals surface area (Å²) in [5.41, 5.74) is 0. The molecule has 0 heterocycles. The van der Waals surface area contributed by atoms with Crippen LogP contribution in [0.4, 0.5) is 0 Å². The maximum absolute atomic E-state index is 10.5. The summed E-state index contributed by atoms with van der Waals surface area (Å²) in [5, 5.41) is 10.5. The molecule has 0 aliphatic heterocycles. The molecule has 0 unspecified atom stereocenters. The summed E-state index contributed by atoms with van der Waals surface area (Å²) >= 11 is 0. The van der Waals surface area contributed by atoms with Gasteiger partial charge >= 0.3 is 60.2 Å². The minimum Gasteiger partial charge on any atom is -0.550 e.